The summed E-state index contributed by atoms with van der Waals surface area (Å²) in [5.74, 6) is 2.13. The smallest absolute Gasteiger partial charge is 0.409 e. The number of hydrogen-bond acceptors (Lipinski definition) is 3. The van der Waals surface area contributed by atoms with Gasteiger partial charge in [0.2, 0.25) is 0 Å². The molecule has 0 unspecified atom stereocenters. The van der Waals surface area contributed by atoms with E-state index in [0.29, 0.717) is 17.2 Å². The lowest BCUT2D eigenvalue weighted by Gasteiger charge is -2.17. The van der Waals surface area contributed by atoms with Gasteiger partial charge in [-0.1, -0.05) is 54.6 Å². The lowest BCUT2D eigenvalue weighted by atomic mass is 10.3. The summed E-state index contributed by atoms with van der Waals surface area (Å²) in [5, 5.41) is 0. The maximum atomic E-state index is 5.84. The summed E-state index contributed by atoms with van der Waals surface area (Å²) >= 11 is 0. The number of para-hydroxylation sites is 3. The van der Waals surface area contributed by atoms with E-state index >= 15 is 0 Å². The Morgan fingerprint density at radius 1 is 0.417 bits per heavy atom. The molecule has 0 atom stereocenters. The fraction of sp³-hybridized carbons (Fsp3) is 0. The Balaban J connectivity index is 0.00000144. The molecule has 0 bridgehead atoms. The molecule has 6 heteroatoms. The standard InChI is InChI=1S/C18H15O3P.2ClH/c1-4-10-16(11-5-1)19-22(20-17-12-6-2-7-13-17)21-18-14-8-3-9-15-18;;/h1-15H;2*1H. The average molecular weight is 383 g/mol. The molecule has 0 fully saturated rings. The zero-order valence-corrected chi connectivity index (χ0v) is 15.2. The predicted molar refractivity (Wildman–Crippen MR) is 103 cm³/mol. The summed E-state index contributed by atoms with van der Waals surface area (Å²) in [6.07, 6.45) is 0. The highest BCUT2D eigenvalue weighted by Gasteiger charge is 2.19. The van der Waals surface area contributed by atoms with Crippen LogP contribution in [-0.2, 0) is 0 Å². The Hall–Kier alpha value is -1.93. The van der Waals surface area contributed by atoms with Crippen LogP contribution >= 0.6 is 33.4 Å². The highest BCUT2D eigenvalue weighted by atomic mass is 35.5. The van der Waals surface area contributed by atoms with Crippen molar-refractivity contribution in [3.05, 3.63) is 91.0 Å². The molecule has 24 heavy (non-hydrogen) atoms. The van der Waals surface area contributed by atoms with E-state index in [0.717, 1.165) is 0 Å². The van der Waals surface area contributed by atoms with E-state index in [-0.39, 0.29) is 24.8 Å². The minimum absolute atomic E-state index is 0. The fourth-order valence-corrected chi connectivity index (χ4v) is 2.75. The monoisotopic (exact) mass is 382 g/mol. The van der Waals surface area contributed by atoms with Crippen molar-refractivity contribution >= 4 is 33.4 Å². The number of rotatable bonds is 6. The fourth-order valence-electron chi connectivity index (χ4n) is 1.76. The quantitative estimate of drug-likeness (QED) is 0.468. The third-order valence-electron chi connectivity index (χ3n) is 2.77. The third-order valence-corrected chi connectivity index (χ3v) is 3.85. The van der Waals surface area contributed by atoms with Gasteiger partial charge in [-0.25, -0.2) is 0 Å². The lowest BCUT2D eigenvalue weighted by Crippen LogP contribution is -2.02. The molecule has 3 aromatic carbocycles. The predicted octanol–water partition coefficient (Wildman–Crippen LogP) is 6.29. The van der Waals surface area contributed by atoms with Crippen LogP contribution in [0.5, 0.6) is 17.2 Å². The first-order valence-electron chi connectivity index (χ1n) is 6.89. The second kappa shape index (κ2) is 10.8. The molecule has 0 N–H and O–H groups in total. The number of halogens is 2. The van der Waals surface area contributed by atoms with Crippen molar-refractivity contribution < 1.29 is 13.6 Å². The van der Waals surface area contributed by atoms with Crippen molar-refractivity contribution in [2.24, 2.45) is 0 Å². The first kappa shape index (κ1) is 20.1. The Kier molecular flexibility index (Phi) is 9.03. The van der Waals surface area contributed by atoms with Crippen LogP contribution in [0.2, 0.25) is 0 Å². The molecule has 0 aromatic heterocycles. The van der Waals surface area contributed by atoms with E-state index in [1.54, 1.807) is 0 Å². The van der Waals surface area contributed by atoms with Crippen LogP contribution in [0.15, 0.2) is 91.0 Å². The summed E-state index contributed by atoms with van der Waals surface area (Å²) in [5.41, 5.74) is 0. The summed E-state index contributed by atoms with van der Waals surface area (Å²) < 4.78 is 17.5. The molecule has 0 aliphatic heterocycles. The Labute approximate surface area is 155 Å². The SMILES string of the molecule is Cl.Cl.c1ccc(OP(Oc2ccccc2)Oc2ccccc2)cc1. The Bertz CT molecular complexity index is 586. The minimum Gasteiger partial charge on any atom is -0.409 e. The van der Waals surface area contributed by atoms with Gasteiger partial charge in [0.05, 0.1) is 0 Å². The highest BCUT2D eigenvalue weighted by Crippen LogP contribution is 2.41. The largest absolute Gasteiger partial charge is 0.530 e. The van der Waals surface area contributed by atoms with Gasteiger partial charge in [0.25, 0.3) is 0 Å². The molecule has 126 valence electrons. The van der Waals surface area contributed by atoms with Gasteiger partial charge >= 0.3 is 8.60 Å². The molecule has 0 saturated carbocycles. The summed E-state index contributed by atoms with van der Waals surface area (Å²) in [7, 11) is -1.59. The molecular weight excluding hydrogens is 366 g/mol. The Morgan fingerprint density at radius 3 is 0.917 bits per heavy atom. The van der Waals surface area contributed by atoms with Crippen LogP contribution in [-0.4, -0.2) is 0 Å². The first-order chi connectivity index (χ1) is 10.9. The normalized spacial score (nSPS) is 9.38. The second-order valence-corrected chi connectivity index (χ2v) is 5.43. The molecule has 0 amide bonds. The van der Waals surface area contributed by atoms with Crippen LogP contribution in [0, 0.1) is 0 Å². The van der Waals surface area contributed by atoms with Gasteiger partial charge in [-0.3, -0.25) is 0 Å². The van der Waals surface area contributed by atoms with Crippen LogP contribution < -0.4 is 13.6 Å². The van der Waals surface area contributed by atoms with Gasteiger partial charge in [0, 0.05) is 0 Å². The van der Waals surface area contributed by atoms with Crippen molar-refractivity contribution in [3.63, 3.8) is 0 Å². The Morgan fingerprint density at radius 2 is 0.667 bits per heavy atom. The van der Waals surface area contributed by atoms with Crippen LogP contribution in [0.1, 0.15) is 0 Å². The van der Waals surface area contributed by atoms with Gasteiger partial charge in [-0.05, 0) is 36.4 Å². The van der Waals surface area contributed by atoms with Crippen molar-refractivity contribution in [1.29, 1.82) is 0 Å². The molecule has 0 radical (unpaired) electrons. The number of benzene rings is 3. The molecule has 0 saturated heterocycles. The van der Waals surface area contributed by atoms with Crippen molar-refractivity contribution in [3.8, 4) is 17.2 Å². The average Bonchev–Trinajstić information content (AvgIpc) is 2.57. The summed E-state index contributed by atoms with van der Waals surface area (Å²) in [6, 6.07) is 28.5. The van der Waals surface area contributed by atoms with Gasteiger partial charge in [0.15, 0.2) is 0 Å². The van der Waals surface area contributed by atoms with Gasteiger partial charge in [-0.15, -0.1) is 24.8 Å². The van der Waals surface area contributed by atoms with E-state index in [2.05, 4.69) is 0 Å². The molecule has 3 nitrogen and oxygen atoms in total. The molecular formula is C18H17Cl2O3P. The molecule has 0 aliphatic rings. The van der Waals surface area contributed by atoms with E-state index < -0.39 is 8.60 Å². The van der Waals surface area contributed by atoms with Crippen LogP contribution in [0.25, 0.3) is 0 Å². The summed E-state index contributed by atoms with van der Waals surface area (Å²) in [6.45, 7) is 0. The van der Waals surface area contributed by atoms with Gasteiger partial charge in [-0.2, -0.15) is 0 Å². The summed E-state index contributed by atoms with van der Waals surface area (Å²) in [4.78, 5) is 0. The zero-order chi connectivity index (χ0) is 15.0. The van der Waals surface area contributed by atoms with Crippen molar-refractivity contribution in [1.82, 2.24) is 0 Å². The van der Waals surface area contributed by atoms with E-state index in [9.17, 15) is 0 Å². The second-order valence-electron chi connectivity index (χ2n) is 4.44. The van der Waals surface area contributed by atoms with E-state index in [4.69, 9.17) is 13.6 Å². The van der Waals surface area contributed by atoms with Crippen LogP contribution in [0.3, 0.4) is 0 Å². The molecule has 0 heterocycles. The molecule has 0 spiro atoms. The molecule has 3 aromatic rings. The van der Waals surface area contributed by atoms with E-state index in [1.165, 1.54) is 0 Å². The van der Waals surface area contributed by atoms with Gasteiger partial charge < -0.3 is 13.6 Å². The zero-order valence-electron chi connectivity index (χ0n) is 12.6. The van der Waals surface area contributed by atoms with Gasteiger partial charge in [0.1, 0.15) is 17.2 Å². The molecule has 3 rings (SSSR count). The van der Waals surface area contributed by atoms with E-state index in [1.807, 2.05) is 91.0 Å². The first-order valence-corrected chi connectivity index (χ1v) is 7.99. The molecule has 0 aliphatic carbocycles. The van der Waals surface area contributed by atoms with Crippen molar-refractivity contribution in [2.45, 2.75) is 0 Å². The highest BCUT2D eigenvalue weighted by molar-refractivity contribution is 7.43. The maximum Gasteiger partial charge on any atom is 0.530 e. The lowest BCUT2D eigenvalue weighted by molar-refractivity contribution is 0.388. The van der Waals surface area contributed by atoms with Crippen LogP contribution in [0.4, 0.5) is 0 Å². The minimum atomic E-state index is -1.59. The maximum absolute atomic E-state index is 5.84. The third kappa shape index (κ3) is 6.29. The van der Waals surface area contributed by atoms with Crippen molar-refractivity contribution in [2.75, 3.05) is 0 Å². The number of hydrogen-bond donors (Lipinski definition) is 0. The topological polar surface area (TPSA) is 27.7 Å².